The van der Waals surface area contributed by atoms with Gasteiger partial charge in [-0.05, 0) is 49.9 Å². The zero-order chi connectivity index (χ0) is 16.1. The van der Waals surface area contributed by atoms with Crippen molar-refractivity contribution in [1.82, 2.24) is 9.97 Å². The Morgan fingerprint density at radius 3 is 2.52 bits per heavy atom. The summed E-state index contributed by atoms with van der Waals surface area (Å²) >= 11 is 0. The summed E-state index contributed by atoms with van der Waals surface area (Å²) in [6, 6.07) is 8.28. The van der Waals surface area contributed by atoms with Gasteiger partial charge in [0, 0.05) is 19.2 Å². The second-order valence-electron chi connectivity index (χ2n) is 6.05. The van der Waals surface area contributed by atoms with Gasteiger partial charge in [-0.25, -0.2) is 9.97 Å². The van der Waals surface area contributed by atoms with Crippen molar-refractivity contribution >= 4 is 11.6 Å². The fourth-order valence-corrected chi connectivity index (χ4v) is 2.93. The van der Waals surface area contributed by atoms with E-state index in [1.165, 1.54) is 24.0 Å². The topological polar surface area (TPSA) is 50.3 Å². The maximum Gasteiger partial charge on any atom is 0.134 e. The zero-order valence-electron chi connectivity index (χ0n) is 13.9. The smallest absolute Gasteiger partial charge is 0.134 e. The van der Waals surface area contributed by atoms with E-state index in [2.05, 4.69) is 52.2 Å². The lowest BCUT2D eigenvalue weighted by atomic mass is 10.1. The fourth-order valence-electron chi connectivity index (χ4n) is 2.93. The highest BCUT2D eigenvalue weighted by Crippen LogP contribution is 2.19. The largest absolute Gasteiger partial charge is 0.492 e. The molecule has 122 valence electrons. The van der Waals surface area contributed by atoms with Crippen molar-refractivity contribution < 1.29 is 4.74 Å². The lowest BCUT2D eigenvalue weighted by Crippen LogP contribution is -2.19. The first-order valence-corrected chi connectivity index (χ1v) is 8.23. The predicted octanol–water partition coefficient (Wildman–Crippen LogP) is 3.18. The average Bonchev–Trinajstić information content (AvgIpc) is 3.05. The summed E-state index contributed by atoms with van der Waals surface area (Å²) in [6.45, 7) is 7.66. The lowest BCUT2D eigenvalue weighted by Gasteiger charge is -2.16. The average molecular weight is 312 g/mol. The molecule has 0 amide bonds. The number of nitrogens with zero attached hydrogens (tertiary/aromatic N) is 3. The van der Waals surface area contributed by atoms with E-state index in [1.807, 2.05) is 6.07 Å². The molecule has 1 aliphatic heterocycles. The van der Waals surface area contributed by atoms with E-state index < -0.39 is 0 Å². The Bertz CT molecular complexity index is 633. The number of hydrogen-bond donors (Lipinski definition) is 1. The molecule has 0 aliphatic carbocycles. The molecular formula is C18H24N4O. The monoisotopic (exact) mass is 312 g/mol. The quantitative estimate of drug-likeness (QED) is 0.830. The van der Waals surface area contributed by atoms with Crippen LogP contribution in [0.2, 0.25) is 0 Å². The molecule has 0 saturated carbocycles. The number of aromatic nitrogens is 2. The molecule has 2 aromatic rings. The Balaban J connectivity index is 1.49. The van der Waals surface area contributed by atoms with Gasteiger partial charge >= 0.3 is 0 Å². The molecule has 0 spiro atoms. The molecule has 1 saturated heterocycles. The SMILES string of the molecule is Cc1cc(C)cc(OCCNc2cc(N3CCCC3)ncn2)c1. The van der Waals surface area contributed by atoms with Crippen LogP contribution in [0.4, 0.5) is 11.6 Å². The van der Waals surface area contributed by atoms with Crippen molar-refractivity contribution in [3.63, 3.8) is 0 Å². The number of benzene rings is 1. The highest BCUT2D eigenvalue weighted by atomic mass is 16.5. The number of rotatable bonds is 6. The molecule has 0 unspecified atom stereocenters. The third-order valence-corrected chi connectivity index (χ3v) is 3.95. The Morgan fingerprint density at radius 2 is 1.78 bits per heavy atom. The Kier molecular flexibility index (Phi) is 4.95. The maximum absolute atomic E-state index is 5.80. The zero-order valence-corrected chi connectivity index (χ0v) is 13.9. The molecule has 5 nitrogen and oxygen atoms in total. The van der Waals surface area contributed by atoms with Gasteiger partial charge in [0.1, 0.15) is 30.3 Å². The van der Waals surface area contributed by atoms with Crippen LogP contribution in [0.5, 0.6) is 5.75 Å². The molecular weight excluding hydrogens is 288 g/mol. The standard InChI is InChI=1S/C18H24N4O/c1-14-9-15(2)11-16(10-14)23-8-5-19-17-12-18(21-13-20-17)22-6-3-4-7-22/h9-13H,3-8H2,1-2H3,(H,19,20,21). The van der Waals surface area contributed by atoms with Crippen molar-refractivity contribution in [2.24, 2.45) is 0 Å². The predicted molar refractivity (Wildman–Crippen MR) is 93.4 cm³/mol. The summed E-state index contributed by atoms with van der Waals surface area (Å²) in [5.74, 6) is 2.78. The van der Waals surface area contributed by atoms with Crippen LogP contribution in [0.1, 0.15) is 24.0 Å². The van der Waals surface area contributed by atoms with Crippen molar-refractivity contribution in [1.29, 1.82) is 0 Å². The van der Waals surface area contributed by atoms with Crippen LogP contribution in [-0.2, 0) is 0 Å². The van der Waals surface area contributed by atoms with Gasteiger partial charge < -0.3 is 15.0 Å². The van der Waals surface area contributed by atoms with Crippen LogP contribution in [-0.4, -0.2) is 36.2 Å². The van der Waals surface area contributed by atoms with Gasteiger partial charge in [-0.15, -0.1) is 0 Å². The van der Waals surface area contributed by atoms with E-state index in [1.54, 1.807) is 6.33 Å². The Hall–Kier alpha value is -2.30. The number of hydrogen-bond acceptors (Lipinski definition) is 5. The number of anilines is 2. The van der Waals surface area contributed by atoms with Crippen LogP contribution in [0.3, 0.4) is 0 Å². The molecule has 0 atom stereocenters. The van der Waals surface area contributed by atoms with Crippen molar-refractivity contribution in [2.45, 2.75) is 26.7 Å². The third-order valence-electron chi connectivity index (χ3n) is 3.95. The van der Waals surface area contributed by atoms with E-state index in [-0.39, 0.29) is 0 Å². The summed E-state index contributed by atoms with van der Waals surface area (Å²) in [7, 11) is 0. The van der Waals surface area contributed by atoms with Crippen LogP contribution >= 0.6 is 0 Å². The number of nitrogens with one attached hydrogen (secondary N) is 1. The van der Waals surface area contributed by atoms with Gasteiger partial charge in [0.25, 0.3) is 0 Å². The highest BCUT2D eigenvalue weighted by molar-refractivity contribution is 5.48. The van der Waals surface area contributed by atoms with E-state index in [4.69, 9.17) is 4.74 Å². The van der Waals surface area contributed by atoms with E-state index in [9.17, 15) is 0 Å². The molecule has 1 aliphatic rings. The van der Waals surface area contributed by atoms with E-state index >= 15 is 0 Å². The normalized spacial score (nSPS) is 14.1. The van der Waals surface area contributed by atoms with Crippen molar-refractivity contribution in [3.05, 3.63) is 41.7 Å². The lowest BCUT2D eigenvalue weighted by molar-refractivity contribution is 0.332. The van der Waals surface area contributed by atoms with Gasteiger partial charge in [0.05, 0.1) is 6.54 Å². The summed E-state index contributed by atoms with van der Waals surface area (Å²) in [5.41, 5.74) is 2.44. The summed E-state index contributed by atoms with van der Waals surface area (Å²) in [6.07, 6.45) is 4.12. The molecule has 1 fully saturated rings. The minimum atomic E-state index is 0.603. The van der Waals surface area contributed by atoms with Gasteiger partial charge in [-0.2, -0.15) is 0 Å². The second kappa shape index (κ2) is 7.31. The molecule has 0 radical (unpaired) electrons. The molecule has 5 heteroatoms. The van der Waals surface area contributed by atoms with Gasteiger partial charge in [0.2, 0.25) is 0 Å². The van der Waals surface area contributed by atoms with E-state index in [0.29, 0.717) is 13.2 Å². The summed E-state index contributed by atoms with van der Waals surface area (Å²) in [4.78, 5) is 10.9. The maximum atomic E-state index is 5.80. The molecule has 3 rings (SSSR count). The van der Waals surface area contributed by atoms with E-state index in [0.717, 1.165) is 30.5 Å². The molecule has 1 aromatic carbocycles. The van der Waals surface area contributed by atoms with Crippen LogP contribution < -0.4 is 15.0 Å². The number of ether oxygens (including phenoxy) is 1. The van der Waals surface area contributed by atoms with Crippen molar-refractivity contribution in [3.8, 4) is 5.75 Å². The van der Waals surface area contributed by atoms with Crippen molar-refractivity contribution in [2.75, 3.05) is 36.5 Å². The molecule has 0 bridgehead atoms. The molecule has 1 N–H and O–H groups in total. The van der Waals surface area contributed by atoms with Gasteiger partial charge in [-0.1, -0.05) is 6.07 Å². The molecule has 23 heavy (non-hydrogen) atoms. The first-order chi connectivity index (χ1) is 11.2. The Labute approximate surface area is 137 Å². The minimum absolute atomic E-state index is 0.603. The van der Waals surface area contributed by atoms with Crippen LogP contribution in [0.15, 0.2) is 30.6 Å². The highest BCUT2D eigenvalue weighted by Gasteiger charge is 2.13. The molecule has 2 heterocycles. The fraction of sp³-hybridized carbons (Fsp3) is 0.444. The Morgan fingerprint density at radius 1 is 1.04 bits per heavy atom. The van der Waals surface area contributed by atoms with Crippen LogP contribution in [0, 0.1) is 13.8 Å². The first-order valence-electron chi connectivity index (χ1n) is 8.23. The van der Waals surface area contributed by atoms with Crippen LogP contribution in [0.25, 0.3) is 0 Å². The minimum Gasteiger partial charge on any atom is -0.492 e. The summed E-state index contributed by atoms with van der Waals surface area (Å²) < 4.78 is 5.80. The third kappa shape index (κ3) is 4.34. The first kappa shape index (κ1) is 15.6. The number of aryl methyl sites for hydroxylation is 2. The second-order valence-corrected chi connectivity index (χ2v) is 6.05. The molecule has 1 aromatic heterocycles. The van der Waals surface area contributed by atoms with Gasteiger partial charge in [0.15, 0.2) is 0 Å². The van der Waals surface area contributed by atoms with Gasteiger partial charge in [-0.3, -0.25) is 0 Å². The summed E-state index contributed by atoms with van der Waals surface area (Å²) in [5, 5.41) is 3.31.